The van der Waals surface area contributed by atoms with Gasteiger partial charge >= 0.3 is 0 Å². The zero-order chi connectivity index (χ0) is 23.3. The molecule has 0 bridgehead atoms. The molecule has 0 amide bonds. The standard InChI is InChI=1S/C31H40O/c1-22(2)19-25-13-7-10-16-28(25)31(32,29-17-11-8-14-26(29)20-23(3)4)30-18-12-9-15-27(30)21-24(5)6/h7-18,22-24,32H,19-21H2,1-6H3. The Labute approximate surface area is 195 Å². The molecule has 3 rings (SSSR count). The van der Waals surface area contributed by atoms with Gasteiger partial charge in [-0.3, -0.25) is 0 Å². The summed E-state index contributed by atoms with van der Waals surface area (Å²) in [7, 11) is 0. The molecule has 32 heavy (non-hydrogen) atoms. The quantitative estimate of drug-likeness (QED) is 0.349. The largest absolute Gasteiger partial charge is 0.376 e. The Bertz CT molecular complexity index is 882. The fourth-order valence-corrected chi connectivity index (χ4v) is 4.91. The second-order valence-corrected chi connectivity index (χ2v) is 10.5. The molecule has 0 aliphatic carbocycles. The fraction of sp³-hybridized carbons (Fsp3) is 0.419. The Morgan fingerprint density at radius 1 is 0.500 bits per heavy atom. The van der Waals surface area contributed by atoms with Crippen molar-refractivity contribution in [1.82, 2.24) is 0 Å². The third-order valence-electron chi connectivity index (χ3n) is 6.11. The highest BCUT2D eigenvalue weighted by molar-refractivity contribution is 5.54. The second-order valence-electron chi connectivity index (χ2n) is 10.5. The Kier molecular flexibility index (Phi) is 7.96. The third kappa shape index (κ3) is 5.33. The topological polar surface area (TPSA) is 20.2 Å². The lowest BCUT2D eigenvalue weighted by Crippen LogP contribution is -2.33. The lowest BCUT2D eigenvalue weighted by atomic mass is 9.73. The molecule has 3 aromatic rings. The molecule has 0 aromatic heterocycles. The van der Waals surface area contributed by atoms with Crippen molar-refractivity contribution in [2.24, 2.45) is 17.8 Å². The first-order chi connectivity index (χ1) is 15.2. The Hall–Kier alpha value is -2.38. The molecular weight excluding hydrogens is 388 g/mol. The van der Waals surface area contributed by atoms with Gasteiger partial charge in [0.1, 0.15) is 5.60 Å². The van der Waals surface area contributed by atoms with Crippen LogP contribution in [0.5, 0.6) is 0 Å². The van der Waals surface area contributed by atoms with E-state index in [-0.39, 0.29) is 0 Å². The number of rotatable bonds is 9. The fourth-order valence-electron chi connectivity index (χ4n) is 4.91. The van der Waals surface area contributed by atoms with Crippen molar-refractivity contribution in [3.63, 3.8) is 0 Å². The molecule has 170 valence electrons. The van der Waals surface area contributed by atoms with Crippen LogP contribution in [0.2, 0.25) is 0 Å². The first-order valence-corrected chi connectivity index (χ1v) is 12.2. The molecule has 0 atom stereocenters. The summed E-state index contributed by atoms with van der Waals surface area (Å²) in [4.78, 5) is 0. The first kappa shape index (κ1) is 24.3. The predicted octanol–water partition coefficient (Wildman–Crippen LogP) is 7.57. The van der Waals surface area contributed by atoms with Crippen LogP contribution in [0.15, 0.2) is 72.8 Å². The highest BCUT2D eigenvalue weighted by atomic mass is 16.3. The van der Waals surface area contributed by atoms with E-state index in [1.54, 1.807) is 0 Å². The number of hydrogen-bond acceptors (Lipinski definition) is 1. The van der Waals surface area contributed by atoms with Gasteiger partial charge in [0, 0.05) is 0 Å². The van der Waals surface area contributed by atoms with Gasteiger partial charge in [-0.25, -0.2) is 0 Å². The molecule has 0 saturated carbocycles. The molecule has 3 aromatic carbocycles. The van der Waals surface area contributed by atoms with Gasteiger partial charge in [0.05, 0.1) is 0 Å². The smallest absolute Gasteiger partial charge is 0.141 e. The van der Waals surface area contributed by atoms with Crippen LogP contribution in [0.1, 0.15) is 74.9 Å². The van der Waals surface area contributed by atoms with E-state index in [2.05, 4.69) is 114 Å². The van der Waals surface area contributed by atoms with Crippen LogP contribution in [-0.4, -0.2) is 5.11 Å². The van der Waals surface area contributed by atoms with E-state index in [0.29, 0.717) is 17.8 Å². The van der Waals surface area contributed by atoms with E-state index in [0.717, 1.165) is 36.0 Å². The third-order valence-corrected chi connectivity index (χ3v) is 6.11. The molecule has 0 spiro atoms. The Morgan fingerprint density at radius 2 is 0.750 bits per heavy atom. The van der Waals surface area contributed by atoms with Crippen LogP contribution >= 0.6 is 0 Å². The van der Waals surface area contributed by atoms with Crippen molar-refractivity contribution in [3.05, 3.63) is 106 Å². The van der Waals surface area contributed by atoms with Gasteiger partial charge in [0.25, 0.3) is 0 Å². The minimum atomic E-state index is -1.19. The van der Waals surface area contributed by atoms with Gasteiger partial charge in [-0.2, -0.15) is 0 Å². The molecule has 0 aliphatic heterocycles. The molecule has 0 heterocycles. The number of aliphatic hydroxyl groups is 1. The summed E-state index contributed by atoms with van der Waals surface area (Å²) in [6.45, 7) is 13.5. The lowest BCUT2D eigenvalue weighted by molar-refractivity contribution is 0.122. The average molecular weight is 429 g/mol. The van der Waals surface area contributed by atoms with E-state index in [1.807, 2.05) is 0 Å². The lowest BCUT2D eigenvalue weighted by Gasteiger charge is -2.36. The summed E-state index contributed by atoms with van der Waals surface area (Å²) in [6.07, 6.45) is 2.82. The van der Waals surface area contributed by atoms with E-state index in [4.69, 9.17) is 0 Å². The van der Waals surface area contributed by atoms with Crippen molar-refractivity contribution < 1.29 is 5.11 Å². The zero-order valence-electron chi connectivity index (χ0n) is 20.7. The maximum Gasteiger partial charge on any atom is 0.141 e. The predicted molar refractivity (Wildman–Crippen MR) is 137 cm³/mol. The minimum Gasteiger partial charge on any atom is -0.376 e. The van der Waals surface area contributed by atoms with Crippen LogP contribution < -0.4 is 0 Å². The van der Waals surface area contributed by atoms with Gasteiger partial charge in [-0.1, -0.05) is 114 Å². The maximum atomic E-state index is 12.9. The van der Waals surface area contributed by atoms with Crippen molar-refractivity contribution in [2.75, 3.05) is 0 Å². The van der Waals surface area contributed by atoms with Gasteiger partial charge in [-0.05, 0) is 70.4 Å². The monoisotopic (exact) mass is 428 g/mol. The van der Waals surface area contributed by atoms with Crippen molar-refractivity contribution >= 4 is 0 Å². The van der Waals surface area contributed by atoms with Crippen molar-refractivity contribution in [3.8, 4) is 0 Å². The summed E-state index contributed by atoms with van der Waals surface area (Å²) in [5, 5.41) is 12.9. The molecule has 1 heteroatoms. The zero-order valence-corrected chi connectivity index (χ0v) is 20.7. The van der Waals surface area contributed by atoms with Crippen LogP contribution in [-0.2, 0) is 24.9 Å². The van der Waals surface area contributed by atoms with E-state index in [1.165, 1.54) is 16.7 Å². The summed E-state index contributed by atoms with van der Waals surface area (Å²) < 4.78 is 0. The Balaban J connectivity index is 2.36. The maximum absolute atomic E-state index is 12.9. The van der Waals surface area contributed by atoms with Crippen molar-refractivity contribution in [1.29, 1.82) is 0 Å². The highest BCUT2D eigenvalue weighted by Gasteiger charge is 2.38. The Morgan fingerprint density at radius 3 is 1.00 bits per heavy atom. The molecule has 0 fully saturated rings. The van der Waals surface area contributed by atoms with Crippen molar-refractivity contribution in [2.45, 2.75) is 66.4 Å². The van der Waals surface area contributed by atoms with E-state index < -0.39 is 5.60 Å². The first-order valence-electron chi connectivity index (χ1n) is 12.2. The van der Waals surface area contributed by atoms with Crippen LogP contribution in [0, 0.1) is 17.8 Å². The van der Waals surface area contributed by atoms with Crippen LogP contribution in [0.3, 0.4) is 0 Å². The van der Waals surface area contributed by atoms with Crippen LogP contribution in [0.4, 0.5) is 0 Å². The molecule has 0 unspecified atom stereocenters. The van der Waals surface area contributed by atoms with Gasteiger partial charge in [-0.15, -0.1) is 0 Å². The summed E-state index contributed by atoms with van der Waals surface area (Å²) >= 11 is 0. The molecule has 0 saturated heterocycles. The second kappa shape index (κ2) is 10.5. The van der Waals surface area contributed by atoms with Crippen LogP contribution in [0.25, 0.3) is 0 Å². The molecule has 1 nitrogen and oxygen atoms in total. The SMILES string of the molecule is CC(C)Cc1ccccc1C(O)(c1ccccc1CC(C)C)c1ccccc1CC(C)C. The van der Waals surface area contributed by atoms with Gasteiger partial charge in [0.15, 0.2) is 0 Å². The molecule has 1 N–H and O–H groups in total. The number of benzene rings is 3. The van der Waals surface area contributed by atoms with Gasteiger partial charge in [0.2, 0.25) is 0 Å². The highest BCUT2D eigenvalue weighted by Crippen LogP contribution is 2.42. The molecule has 0 radical (unpaired) electrons. The van der Waals surface area contributed by atoms with E-state index in [9.17, 15) is 5.11 Å². The summed E-state index contributed by atoms with van der Waals surface area (Å²) in [5.41, 5.74) is 5.53. The summed E-state index contributed by atoms with van der Waals surface area (Å²) in [5.74, 6) is 1.53. The number of hydrogen-bond donors (Lipinski definition) is 1. The van der Waals surface area contributed by atoms with E-state index >= 15 is 0 Å². The molecule has 0 aliphatic rings. The molecular formula is C31H40O. The average Bonchev–Trinajstić information content (AvgIpc) is 2.73. The normalized spacial score (nSPS) is 12.2. The summed E-state index contributed by atoms with van der Waals surface area (Å²) in [6, 6.07) is 25.5. The van der Waals surface area contributed by atoms with Gasteiger partial charge < -0.3 is 5.11 Å². The minimum absolute atomic E-state index is 0.511.